The number of benzene rings is 1. The van der Waals surface area contributed by atoms with Crippen molar-refractivity contribution in [3.05, 3.63) is 34.9 Å². The summed E-state index contributed by atoms with van der Waals surface area (Å²) in [5, 5.41) is 28.7. The Morgan fingerprint density at radius 1 is 1.39 bits per heavy atom. The van der Waals surface area contributed by atoms with Crippen LogP contribution in [0.4, 0.5) is 0 Å². The number of hydrogen-bond acceptors (Lipinski definition) is 5. The maximum absolute atomic E-state index is 10.8. The average Bonchev–Trinajstić information content (AvgIpc) is 2.34. The van der Waals surface area contributed by atoms with Crippen molar-refractivity contribution in [2.24, 2.45) is 0 Å². The SMILES string of the molecule is CC(=O)SCC(O)C(O)c1ccc(CO)cc1C. The molecule has 0 aromatic heterocycles. The molecule has 1 aromatic rings. The highest BCUT2D eigenvalue weighted by Gasteiger charge is 2.20. The molecule has 5 heteroatoms. The van der Waals surface area contributed by atoms with E-state index in [2.05, 4.69) is 0 Å². The maximum Gasteiger partial charge on any atom is 0.185 e. The van der Waals surface area contributed by atoms with Crippen LogP contribution in [0.3, 0.4) is 0 Å². The van der Waals surface area contributed by atoms with Crippen LogP contribution in [0.25, 0.3) is 0 Å². The molecule has 0 heterocycles. The van der Waals surface area contributed by atoms with E-state index in [1.54, 1.807) is 18.2 Å². The first-order valence-corrected chi connectivity index (χ1v) is 6.64. The van der Waals surface area contributed by atoms with E-state index in [0.717, 1.165) is 22.9 Å². The molecule has 0 amide bonds. The molecule has 1 rings (SSSR count). The molecule has 0 saturated heterocycles. The third-order valence-corrected chi connectivity index (χ3v) is 3.57. The highest BCUT2D eigenvalue weighted by Crippen LogP contribution is 2.24. The zero-order valence-corrected chi connectivity index (χ0v) is 11.3. The van der Waals surface area contributed by atoms with E-state index in [1.165, 1.54) is 6.92 Å². The lowest BCUT2D eigenvalue weighted by atomic mass is 9.98. The molecular formula is C13H18O4S. The van der Waals surface area contributed by atoms with Gasteiger partial charge in [0, 0.05) is 12.7 Å². The summed E-state index contributed by atoms with van der Waals surface area (Å²) in [4.78, 5) is 10.8. The van der Waals surface area contributed by atoms with Crippen LogP contribution < -0.4 is 0 Å². The normalized spacial score (nSPS) is 14.3. The molecule has 0 radical (unpaired) electrons. The fourth-order valence-corrected chi connectivity index (χ4v) is 2.26. The van der Waals surface area contributed by atoms with E-state index < -0.39 is 12.2 Å². The second kappa shape index (κ2) is 6.89. The average molecular weight is 270 g/mol. The first kappa shape index (κ1) is 15.2. The van der Waals surface area contributed by atoms with Gasteiger partial charge >= 0.3 is 0 Å². The number of thioether (sulfide) groups is 1. The minimum Gasteiger partial charge on any atom is -0.392 e. The second-order valence-electron chi connectivity index (χ2n) is 4.16. The van der Waals surface area contributed by atoms with E-state index in [9.17, 15) is 15.0 Å². The molecule has 100 valence electrons. The van der Waals surface area contributed by atoms with Gasteiger partial charge in [0.1, 0.15) is 6.10 Å². The van der Waals surface area contributed by atoms with Crippen LogP contribution in [0.5, 0.6) is 0 Å². The number of aryl methyl sites for hydroxylation is 1. The molecule has 0 aliphatic rings. The van der Waals surface area contributed by atoms with Crippen LogP contribution in [0, 0.1) is 6.92 Å². The molecule has 0 spiro atoms. The molecule has 2 unspecified atom stereocenters. The van der Waals surface area contributed by atoms with Crippen molar-refractivity contribution in [2.45, 2.75) is 32.7 Å². The van der Waals surface area contributed by atoms with Gasteiger partial charge in [-0.2, -0.15) is 0 Å². The predicted octanol–water partition coefficient (Wildman–Crippen LogP) is 1.16. The van der Waals surface area contributed by atoms with Gasteiger partial charge in [0.05, 0.1) is 12.7 Å². The summed E-state index contributed by atoms with van der Waals surface area (Å²) in [6.07, 6.45) is -2.01. The fraction of sp³-hybridized carbons (Fsp3) is 0.462. The quantitative estimate of drug-likeness (QED) is 0.748. The van der Waals surface area contributed by atoms with Crippen molar-refractivity contribution in [3.63, 3.8) is 0 Å². The number of hydrogen-bond donors (Lipinski definition) is 3. The van der Waals surface area contributed by atoms with Crippen LogP contribution >= 0.6 is 11.8 Å². The molecule has 0 aliphatic carbocycles. The topological polar surface area (TPSA) is 77.8 Å². The molecule has 0 saturated carbocycles. The lowest BCUT2D eigenvalue weighted by Crippen LogP contribution is -2.22. The van der Waals surface area contributed by atoms with Crippen LogP contribution in [0.15, 0.2) is 18.2 Å². The van der Waals surface area contributed by atoms with E-state index >= 15 is 0 Å². The summed E-state index contributed by atoms with van der Waals surface area (Å²) in [5.41, 5.74) is 2.18. The van der Waals surface area contributed by atoms with Gasteiger partial charge in [-0.15, -0.1) is 0 Å². The molecular weight excluding hydrogens is 252 g/mol. The summed E-state index contributed by atoms with van der Waals surface area (Å²) in [6, 6.07) is 5.16. The van der Waals surface area contributed by atoms with Crippen molar-refractivity contribution >= 4 is 16.9 Å². The van der Waals surface area contributed by atoms with Crippen molar-refractivity contribution in [3.8, 4) is 0 Å². The standard InChI is InChI=1S/C13H18O4S/c1-8-5-10(6-14)3-4-11(8)13(17)12(16)7-18-9(2)15/h3-5,12-14,16-17H,6-7H2,1-2H3. The summed E-state index contributed by atoms with van der Waals surface area (Å²) < 4.78 is 0. The Balaban J connectivity index is 2.76. The second-order valence-corrected chi connectivity index (χ2v) is 5.36. The van der Waals surface area contributed by atoms with Crippen LogP contribution in [-0.2, 0) is 11.4 Å². The Labute approximate surface area is 111 Å². The molecule has 0 aliphatic heterocycles. The van der Waals surface area contributed by atoms with Crippen molar-refractivity contribution in [1.82, 2.24) is 0 Å². The Kier molecular flexibility index (Phi) is 5.81. The monoisotopic (exact) mass is 270 g/mol. The van der Waals surface area contributed by atoms with E-state index in [0.29, 0.717) is 5.56 Å². The highest BCUT2D eigenvalue weighted by molar-refractivity contribution is 8.13. The number of aliphatic hydroxyl groups is 3. The minimum absolute atomic E-state index is 0.0556. The summed E-state index contributed by atoms with van der Waals surface area (Å²) in [7, 11) is 0. The Bertz CT molecular complexity index is 419. The number of carbonyl (C=O) groups excluding carboxylic acids is 1. The highest BCUT2D eigenvalue weighted by atomic mass is 32.2. The van der Waals surface area contributed by atoms with E-state index in [1.807, 2.05) is 6.92 Å². The van der Waals surface area contributed by atoms with Crippen molar-refractivity contribution in [2.75, 3.05) is 5.75 Å². The number of carbonyl (C=O) groups is 1. The molecule has 2 atom stereocenters. The summed E-state index contributed by atoms with van der Waals surface area (Å²) in [5.74, 6) is 0.164. The Hall–Kier alpha value is -0.880. The van der Waals surface area contributed by atoms with Crippen LogP contribution in [0.2, 0.25) is 0 Å². The Morgan fingerprint density at radius 2 is 2.06 bits per heavy atom. The van der Waals surface area contributed by atoms with Crippen molar-refractivity contribution < 1.29 is 20.1 Å². The first-order chi connectivity index (χ1) is 8.45. The number of aliphatic hydroxyl groups excluding tert-OH is 3. The number of rotatable bonds is 5. The fourth-order valence-electron chi connectivity index (χ4n) is 1.67. The third-order valence-electron chi connectivity index (χ3n) is 2.66. The lowest BCUT2D eigenvalue weighted by molar-refractivity contribution is -0.109. The van der Waals surface area contributed by atoms with Crippen LogP contribution in [0.1, 0.15) is 29.7 Å². The largest absolute Gasteiger partial charge is 0.392 e. The van der Waals surface area contributed by atoms with Crippen molar-refractivity contribution in [1.29, 1.82) is 0 Å². The van der Waals surface area contributed by atoms with Gasteiger partial charge in [0.2, 0.25) is 0 Å². The Morgan fingerprint density at radius 3 is 2.56 bits per heavy atom. The summed E-state index contributed by atoms with van der Waals surface area (Å²) in [6.45, 7) is 3.17. The molecule has 3 N–H and O–H groups in total. The first-order valence-electron chi connectivity index (χ1n) is 5.65. The van der Waals surface area contributed by atoms with E-state index in [-0.39, 0.29) is 17.5 Å². The molecule has 18 heavy (non-hydrogen) atoms. The zero-order valence-electron chi connectivity index (χ0n) is 10.5. The lowest BCUT2D eigenvalue weighted by Gasteiger charge is -2.19. The zero-order chi connectivity index (χ0) is 13.7. The van der Waals surface area contributed by atoms with Gasteiger partial charge in [-0.25, -0.2) is 0 Å². The molecule has 0 fully saturated rings. The van der Waals surface area contributed by atoms with Gasteiger partial charge in [-0.3, -0.25) is 4.79 Å². The van der Waals surface area contributed by atoms with Gasteiger partial charge < -0.3 is 15.3 Å². The van der Waals surface area contributed by atoms with Gasteiger partial charge in [-0.1, -0.05) is 30.0 Å². The molecule has 1 aromatic carbocycles. The van der Waals surface area contributed by atoms with E-state index in [4.69, 9.17) is 5.11 Å². The predicted molar refractivity (Wildman–Crippen MR) is 71.2 cm³/mol. The maximum atomic E-state index is 10.8. The minimum atomic E-state index is -1.02. The third kappa shape index (κ3) is 4.10. The van der Waals surface area contributed by atoms with Gasteiger partial charge in [-0.05, 0) is 23.6 Å². The van der Waals surface area contributed by atoms with Gasteiger partial charge in [0.25, 0.3) is 0 Å². The van der Waals surface area contributed by atoms with Crippen LogP contribution in [-0.4, -0.2) is 32.3 Å². The smallest absolute Gasteiger partial charge is 0.185 e. The molecule has 0 bridgehead atoms. The summed E-state index contributed by atoms with van der Waals surface area (Å²) >= 11 is 0.987. The molecule has 4 nitrogen and oxygen atoms in total. The van der Waals surface area contributed by atoms with Gasteiger partial charge in [0.15, 0.2) is 5.12 Å².